The second-order valence-corrected chi connectivity index (χ2v) is 13.3. The normalized spacial score (nSPS) is 11.7. The molecule has 0 saturated carbocycles. The Morgan fingerprint density at radius 2 is 0.980 bits per heavy atom. The minimum absolute atomic E-state index is 0.622. The standard InChI is InChI=1S/C44H26N4S/c1-2-12-28(13-3-1)42-46-43(48-44(47-42)32-23-24-34-29(25-32)22-21-27-11-4-5-16-33(27)34)31-15-10-14-30(26-31)40-39-36-18-7-9-20-38(36)49-41(39)35-17-6-8-19-37(35)45-40/h1-26H. The van der Waals surface area contributed by atoms with Gasteiger partial charge in [-0.05, 0) is 45.8 Å². The van der Waals surface area contributed by atoms with E-state index in [0.717, 1.165) is 38.9 Å². The SMILES string of the molecule is c1ccc(-c2nc(-c3cccc(-c4nc5ccccc5c5sc6ccccc6c45)c3)nc(-c3ccc4c(ccc5ccccc54)c3)n2)cc1. The predicted molar refractivity (Wildman–Crippen MR) is 205 cm³/mol. The number of nitrogens with zero attached hydrogens (tertiary/aromatic N) is 4. The molecule has 10 rings (SSSR count). The van der Waals surface area contributed by atoms with Gasteiger partial charge in [-0.2, -0.15) is 0 Å². The van der Waals surface area contributed by atoms with Crippen LogP contribution in [-0.4, -0.2) is 19.9 Å². The first-order chi connectivity index (χ1) is 24.3. The summed E-state index contributed by atoms with van der Waals surface area (Å²) in [6, 6.07) is 55.0. The average molecular weight is 643 g/mol. The van der Waals surface area contributed by atoms with Crippen LogP contribution in [0.5, 0.6) is 0 Å². The highest BCUT2D eigenvalue weighted by atomic mass is 32.1. The number of benzene rings is 7. The molecule has 0 unspecified atom stereocenters. The van der Waals surface area contributed by atoms with Crippen LogP contribution in [0.4, 0.5) is 0 Å². The van der Waals surface area contributed by atoms with Crippen LogP contribution in [-0.2, 0) is 0 Å². The highest BCUT2D eigenvalue weighted by Gasteiger charge is 2.18. The molecular formula is C44H26N4S. The molecular weight excluding hydrogens is 617 g/mol. The molecule has 0 saturated heterocycles. The molecule has 0 bridgehead atoms. The van der Waals surface area contributed by atoms with Crippen molar-refractivity contribution in [2.45, 2.75) is 0 Å². The maximum Gasteiger partial charge on any atom is 0.164 e. The molecule has 0 aliphatic rings. The van der Waals surface area contributed by atoms with Gasteiger partial charge in [0.25, 0.3) is 0 Å². The topological polar surface area (TPSA) is 51.6 Å². The number of rotatable bonds is 4. The molecule has 0 amide bonds. The van der Waals surface area contributed by atoms with Crippen molar-refractivity contribution in [3.05, 3.63) is 158 Å². The Balaban J connectivity index is 1.17. The molecule has 10 aromatic rings. The van der Waals surface area contributed by atoms with Crippen molar-refractivity contribution in [1.82, 2.24) is 19.9 Å². The van der Waals surface area contributed by atoms with Crippen LogP contribution < -0.4 is 0 Å². The fourth-order valence-electron chi connectivity index (χ4n) is 6.93. The molecule has 5 heteroatoms. The van der Waals surface area contributed by atoms with Crippen LogP contribution in [0.3, 0.4) is 0 Å². The van der Waals surface area contributed by atoms with Crippen LogP contribution in [0, 0.1) is 0 Å². The number of pyridine rings is 1. The van der Waals surface area contributed by atoms with Gasteiger partial charge in [-0.3, -0.25) is 0 Å². The minimum atomic E-state index is 0.622. The maximum atomic E-state index is 5.27. The molecule has 0 aliphatic carbocycles. The Morgan fingerprint density at radius 3 is 1.84 bits per heavy atom. The zero-order valence-electron chi connectivity index (χ0n) is 26.2. The van der Waals surface area contributed by atoms with Crippen molar-refractivity contribution < 1.29 is 0 Å². The van der Waals surface area contributed by atoms with E-state index < -0.39 is 0 Å². The monoisotopic (exact) mass is 642 g/mol. The van der Waals surface area contributed by atoms with Crippen molar-refractivity contribution in [2.75, 3.05) is 0 Å². The number of fused-ring (bicyclic) bond motifs is 8. The highest BCUT2D eigenvalue weighted by molar-refractivity contribution is 7.26. The van der Waals surface area contributed by atoms with Gasteiger partial charge in [0.05, 0.1) is 11.2 Å². The number of para-hydroxylation sites is 1. The van der Waals surface area contributed by atoms with Crippen molar-refractivity contribution in [3.8, 4) is 45.4 Å². The van der Waals surface area contributed by atoms with E-state index in [4.69, 9.17) is 19.9 Å². The molecule has 0 fully saturated rings. The highest BCUT2D eigenvalue weighted by Crippen LogP contribution is 2.43. The van der Waals surface area contributed by atoms with E-state index in [-0.39, 0.29) is 0 Å². The van der Waals surface area contributed by atoms with Gasteiger partial charge in [-0.1, -0.05) is 133 Å². The summed E-state index contributed by atoms with van der Waals surface area (Å²) in [7, 11) is 0. The van der Waals surface area contributed by atoms with Crippen LogP contribution >= 0.6 is 11.3 Å². The van der Waals surface area contributed by atoms with Gasteiger partial charge in [0.2, 0.25) is 0 Å². The van der Waals surface area contributed by atoms with Gasteiger partial charge in [0, 0.05) is 47.8 Å². The number of hydrogen-bond acceptors (Lipinski definition) is 5. The van der Waals surface area contributed by atoms with Crippen LogP contribution in [0.1, 0.15) is 0 Å². The Bertz CT molecular complexity index is 2890. The van der Waals surface area contributed by atoms with E-state index >= 15 is 0 Å². The molecule has 4 nitrogen and oxygen atoms in total. The third-order valence-corrected chi connectivity index (χ3v) is 10.5. The summed E-state index contributed by atoms with van der Waals surface area (Å²) in [5.41, 5.74) is 5.78. The summed E-state index contributed by atoms with van der Waals surface area (Å²) in [5, 5.41) is 8.40. The van der Waals surface area contributed by atoms with Crippen molar-refractivity contribution in [3.63, 3.8) is 0 Å². The Morgan fingerprint density at radius 1 is 0.367 bits per heavy atom. The van der Waals surface area contributed by atoms with E-state index in [1.165, 1.54) is 41.7 Å². The summed E-state index contributed by atoms with van der Waals surface area (Å²) in [6.07, 6.45) is 0. The smallest absolute Gasteiger partial charge is 0.164 e. The summed E-state index contributed by atoms with van der Waals surface area (Å²) < 4.78 is 2.51. The Kier molecular flexibility index (Phi) is 6.32. The van der Waals surface area contributed by atoms with Crippen LogP contribution in [0.2, 0.25) is 0 Å². The van der Waals surface area contributed by atoms with E-state index in [9.17, 15) is 0 Å². The summed E-state index contributed by atoms with van der Waals surface area (Å²) in [4.78, 5) is 20.4. The van der Waals surface area contributed by atoms with E-state index in [1.807, 2.05) is 41.7 Å². The molecule has 49 heavy (non-hydrogen) atoms. The molecule has 0 radical (unpaired) electrons. The fourth-order valence-corrected chi connectivity index (χ4v) is 8.16. The lowest BCUT2D eigenvalue weighted by Gasteiger charge is -2.11. The zero-order chi connectivity index (χ0) is 32.3. The number of aromatic nitrogens is 4. The minimum Gasteiger partial charge on any atom is -0.247 e. The molecule has 228 valence electrons. The molecule has 0 aliphatic heterocycles. The van der Waals surface area contributed by atoms with Gasteiger partial charge < -0.3 is 0 Å². The first-order valence-corrected chi connectivity index (χ1v) is 17.1. The lowest BCUT2D eigenvalue weighted by molar-refractivity contribution is 1.07. The Hall–Kier alpha value is -6.30. The quantitative estimate of drug-likeness (QED) is 0.179. The van der Waals surface area contributed by atoms with Gasteiger partial charge in [0.1, 0.15) is 0 Å². The molecule has 7 aromatic carbocycles. The van der Waals surface area contributed by atoms with E-state index in [0.29, 0.717) is 17.5 Å². The second-order valence-electron chi connectivity index (χ2n) is 12.3. The molecule has 0 N–H and O–H groups in total. The van der Waals surface area contributed by atoms with Gasteiger partial charge in [-0.15, -0.1) is 11.3 Å². The van der Waals surface area contributed by atoms with Gasteiger partial charge >= 0.3 is 0 Å². The number of thiophene rings is 1. The van der Waals surface area contributed by atoms with Crippen molar-refractivity contribution in [2.24, 2.45) is 0 Å². The molecule has 0 atom stereocenters. The Labute approximate surface area is 286 Å². The maximum absolute atomic E-state index is 5.27. The third kappa shape index (κ3) is 4.66. The summed E-state index contributed by atoms with van der Waals surface area (Å²) in [6.45, 7) is 0. The summed E-state index contributed by atoms with van der Waals surface area (Å²) in [5.74, 6) is 1.90. The number of hydrogen-bond donors (Lipinski definition) is 0. The summed E-state index contributed by atoms with van der Waals surface area (Å²) >= 11 is 1.83. The largest absolute Gasteiger partial charge is 0.247 e. The molecule has 0 spiro atoms. The lowest BCUT2D eigenvalue weighted by Crippen LogP contribution is -2.00. The predicted octanol–water partition coefficient (Wildman–Crippen LogP) is 11.8. The van der Waals surface area contributed by atoms with Gasteiger partial charge in [0.15, 0.2) is 17.5 Å². The first-order valence-electron chi connectivity index (χ1n) is 16.3. The third-order valence-electron chi connectivity index (χ3n) is 9.28. The first kappa shape index (κ1) is 27.8. The van der Waals surface area contributed by atoms with Crippen LogP contribution in [0.15, 0.2) is 158 Å². The average Bonchev–Trinajstić information content (AvgIpc) is 3.58. The van der Waals surface area contributed by atoms with Crippen molar-refractivity contribution in [1.29, 1.82) is 0 Å². The van der Waals surface area contributed by atoms with E-state index in [2.05, 4.69) is 127 Å². The molecule has 3 heterocycles. The zero-order valence-corrected chi connectivity index (χ0v) is 27.0. The second kappa shape index (κ2) is 11.2. The van der Waals surface area contributed by atoms with Crippen LogP contribution in [0.25, 0.3) is 98.0 Å². The fraction of sp³-hybridized carbons (Fsp3) is 0. The van der Waals surface area contributed by atoms with Gasteiger partial charge in [-0.25, -0.2) is 19.9 Å². The lowest BCUT2D eigenvalue weighted by atomic mass is 10.00. The molecule has 3 aromatic heterocycles. The van der Waals surface area contributed by atoms with E-state index in [1.54, 1.807) is 0 Å². The van der Waals surface area contributed by atoms with Crippen molar-refractivity contribution >= 4 is 64.0 Å².